The number of hydrogen-bond donors (Lipinski definition) is 0. The molecular weight excluding hydrogens is 286 g/mol. The molecule has 0 saturated carbocycles. The summed E-state index contributed by atoms with van der Waals surface area (Å²) in [5.74, 6) is 0.0752. The molecule has 0 N–H and O–H groups in total. The topological polar surface area (TPSA) is 37.6 Å². The maximum Gasteiger partial charge on any atom is 0.255 e. The first kappa shape index (κ1) is 15.3. The molecule has 2 aromatic heterocycles. The maximum atomic E-state index is 12.6. The second-order valence-corrected chi connectivity index (χ2v) is 5.56. The SMILES string of the molecule is CCCN(CC)C(=O)c1ccc2nc(-c3ccccc3)cn2c1. The highest BCUT2D eigenvalue weighted by molar-refractivity contribution is 5.94. The number of aromatic nitrogens is 2. The van der Waals surface area contributed by atoms with Crippen molar-refractivity contribution >= 4 is 11.6 Å². The van der Waals surface area contributed by atoms with Crippen LogP contribution in [0, 0.1) is 0 Å². The van der Waals surface area contributed by atoms with Gasteiger partial charge >= 0.3 is 0 Å². The van der Waals surface area contributed by atoms with Gasteiger partial charge in [0.1, 0.15) is 5.65 Å². The van der Waals surface area contributed by atoms with Crippen LogP contribution < -0.4 is 0 Å². The first-order valence-electron chi connectivity index (χ1n) is 8.06. The van der Waals surface area contributed by atoms with Gasteiger partial charge in [0.15, 0.2) is 0 Å². The third-order valence-electron chi connectivity index (χ3n) is 3.93. The molecule has 2 heterocycles. The van der Waals surface area contributed by atoms with Gasteiger partial charge in [0, 0.05) is 31.0 Å². The van der Waals surface area contributed by atoms with E-state index >= 15 is 0 Å². The van der Waals surface area contributed by atoms with Gasteiger partial charge in [-0.2, -0.15) is 0 Å². The number of rotatable bonds is 5. The van der Waals surface area contributed by atoms with Crippen LogP contribution in [0.3, 0.4) is 0 Å². The Hall–Kier alpha value is -2.62. The normalized spacial score (nSPS) is 10.9. The van der Waals surface area contributed by atoms with E-state index in [2.05, 4.69) is 11.9 Å². The summed E-state index contributed by atoms with van der Waals surface area (Å²) < 4.78 is 1.93. The van der Waals surface area contributed by atoms with Crippen LogP contribution in [-0.4, -0.2) is 33.3 Å². The number of pyridine rings is 1. The van der Waals surface area contributed by atoms with E-state index in [1.807, 2.05) is 71.1 Å². The number of carbonyl (C=O) groups is 1. The lowest BCUT2D eigenvalue weighted by Gasteiger charge is -2.20. The summed E-state index contributed by atoms with van der Waals surface area (Å²) in [5, 5.41) is 0. The Labute approximate surface area is 136 Å². The fourth-order valence-electron chi connectivity index (χ4n) is 2.72. The highest BCUT2D eigenvalue weighted by Crippen LogP contribution is 2.19. The second-order valence-electron chi connectivity index (χ2n) is 5.56. The van der Waals surface area contributed by atoms with Crippen molar-refractivity contribution in [1.29, 1.82) is 0 Å². The average Bonchev–Trinajstić information content (AvgIpc) is 3.03. The molecule has 3 rings (SSSR count). The molecule has 0 saturated heterocycles. The van der Waals surface area contributed by atoms with E-state index in [0.29, 0.717) is 5.56 Å². The zero-order valence-electron chi connectivity index (χ0n) is 13.6. The van der Waals surface area contributed by atoms with Gasteiger partial charge in [-0.3, -0.25) is 4.79 Å². The van der Waals surface area contributed by atoms with E-state index in [1.165, 1.54) is 0 Å². The van der Waals surface area contributed by atoms with Gasteiger partial charge in [0.25, 0.3) is 5.91 Å². The predicted octanol–water partition coefficient (Wildman–Crippen LogP) is 3.87. The number of imidazole rings is 1. The Balaban J connectivity index is 1.95. The molecule has 118 valence electrons. The molecule has 23 heavy (non-hydrogen) atoms. The van der Waals surface area contributed by atoms with Gasteiger partial charge in [0.2, 0.25) is 0 Å². The zero-order valence-corrected chi connectivity index (χ0v) is 13.6. The molecule has 0 unspecified atom stereocenters. The molecule has 0 spiro atoms. The molecule has 0 bridgehead atoms. The van der Waals surface area contributed by atoms with Crippen molar-refractivity contribution in [3.05, 3.63) is 60.4 Å². The number of amides is 1. The van der Waals surface area contributed by atoms with Crippen LogP contribution in [0.5, 0.6) is 0 Å². The highest BCUT2D eigenvalue weighted by atomic mass is 16.2. The summed E-state index contributed by atoms with van der Waals surface area (Å²) in [5.41, 5.74) is 3.53. The molecule has 4 heteroatoms. The van der Waals surface area contributed by atoms with Crippen LogP contribution in [0.2, 0.25) is 0 Å². The van der Waals surface area contributed by atoms with Crippen LogP contribution in [0.25, 0.3) is 16.9 Å². The van der Waals surface area contributed by atoms with Crippen molar-refractivity contribution in [3.8, 4) is 11.3 Å². The smallest absolute Gasteiger partial charge is 0.255 e. The summed E-state index contributed by atoms with van der Waals surface area (Å²) in [6.07, 6.45) is 4.80. The molecule has 3 aromatic rings. The van der Waals surface area contributed by atoms with Gasteiger partial charge in [-0.15, -0.1) is 0 Å². The van der Waals surface area contributed by atoms with Gasteiger partial charge in [0.05, 0.1) is 11.3 Å². The Morgan fingerprint density at radius 3 is 2.57 bits per heavy atom. The third-order valence-corrected chi connectivity index (χ3v) is 3.93. The minimum absolute atomic E-state index is 0.0752. The summed E-state index contributed by atoms with van der Waals surface area (Å²) in [7, 11) is 0. The third kappa shape index (κ3) is 3.11. The van der Waals surface area contributed by atoms with Crippen molar-refractivity contribution in [2.45, 2.75) is 20.3 Å². The number of nitrogens with zero attached hydrogens (tertiary/aromatic N) is 3. The van der Waals surface area contributed by atoms with Crippen LogP contribution in [0.4, 0.5) is 0 Å². The molecule has 0 aliphatic carbocycles. The van der Waals surface area contributed by atoms with Gasteiger partial charge in [-0.25, -0.2) is 4.98 Å². The molecule has 0 atom stereocenters. The van der Waals surface area contributed by atoms with Crippen LogP contribution in [-0.2, 0) is 0 Å². The van der Waals surface area contributed by atoms with E-state index in [9.17, 15) is 4.79 Å². The zero-order chi connectivity index (χ0) is 16.2. The van der Waals surface area contributed by atoms with E-state index in [1.54, 1.807) is 0 Å². The highest BCUT2D eigenvalue weighted by Gasteiger charge is 2.14. The lowest BCUT2D eigenvalue weighted by Crippen LogP contribution is -2.31. The molecule has 1 amide bonds. The Bertz CT molecular complexity index is 808. The molecular formula is C19H21N3O. The van der Waals surface area contributed by atoms with E-state index in [0.717, 1.165) is 36.4 Å². The van der Waals surface area contributed by atoms with Crippen LogP contribution >= 0.6 is 0 Å². The van der Waals surface area contributed by atoms with Gasteiger partial charge < -0.3 is 9.30 Å². The molecule has 1 aromatic carbocycles. The minimum atomic E-state index is 0.0752. The lowest BCUT2D eigenvalue weighted by atomic mass is 10.2. The van der Waals surface area contributed by atoms with Crippen molar-refractivity contribution in [3.63, 3.8) is 0 Å². The fourth-order valence-corrected chi connectivity index (χ4v) is 2.72. The van der Waals surface area contributed by atoms with Crippen LogP contribution in [0.1, 0.15) is 30.6 Å². The number of hydrogen-bond acceptors (Lipinski definition) is 2. The number of carbonyl (C=O) groups excluding carboxylic acids is 1. The number of benzene rings is 1. The van der Waals surface area contributed by atoms with E-state index in [4.69, 9.17) is 0 Å². The average molecular weight is 307 g/mol. The molecule has 4 nitrogen and oxygen atoms in total. The maximum absolute atomic E-state index is 12.6. The van der Waals surface area contributed by atoms with Crippen LogP contribution in [0.15, 0.2) is 54.9 Å². The van der Waals surface area contributed by atoms with Crippen molar-refractivity contribution in [2.75, 3.05) is 13.1 Å². The Kier molecular flexibility index (Phi) is 4.42. The molecule has 0 fully saturated rings. The summed E-state index contributed by atoms with van der Waals surface area (Å²) in [4.78, 5) is 19.1. The summed E-state index contributed by atoms with van der Waals surface area (Å²) in [6.45, 7) is 5.61. The summed E-state index contributed by atoms with van der Waals surface area (Å²) >= 11 is 0. The largest absolute Gasteiger partial charge is 0.339 e. The van der Waals surface area contributed by atoms with E-state index in [-0.39, 0.29) is 5.91 Å². The monoisotopic (exact) mass is 307 g/mol. The quantitative estimate of drug-likeness (QED) is 0.717. The first-order chi connectivity index (χ1) is 11.2. The lowest BCUT2D eigenvalue weighted by molar-refractivity contribution is 0.0764. The second kappa shape index (κ2) is 6.65. The number of fused-ring (bicyclic) bond motifs is 1. The summed E-state index contributed by atoms with van der Waals surface area (Å²) in [6, 6.07) is 13.8. The Morgan fingerprint density at radius 1 is 1.09 bits per heavy atom. The predicted molar refractivity (Wildman–Crippen MR) is 92.5 cm³/mol. The van der Waals surface area contributed by atoms with Gasteiger partial charge in [-0.05, 0) is 25.5 Å². The fraction of sp³-hybridized carbons (Fsp3) is 0.263. The Morgan fingerprint density at radius 2 is 1.87 bits per heavy atom. The first-order valence-corrected chi connectivity index (χ1v) is 8.06. The van der Waals surface area contributed by atoms with Crippen molar-refractivity contribution in [1.82, 2.24) is 14.3 Å². The standard InChI is InChI=1S/C19H21N3O/c1-3-12-21(4-2)19(23)16-10-11-18-20-17(14-22(18)13-16)15-8-6-5-7-9-15/h5-11,13-14H,3-4,12H2,1-2H3. The molecule has 0 aliphatic heterocycles. The van der Waals surface area contributed by atoms with E-state index < -0.39 is 0 Å². The molecule has 0 aliphatic rings. The van der Waals surface area contributed by atoms with Gasteiger partial charge in [-0.1, -0.05) is 37.3 Å². The minimum Gasteiger partial charge on any atom is -0.339 e. The van der Waals surface area contributed by atoms with Crippen molar-refractivity contribution in [2.24, 2.45) is 0 Å². The molecule has 0 radical (unpaired) electrons. The van der Waals surface area contributed by atoms with Crippen molar-refractivity contribution < 1.29 is 4.79 Å².